The van der Waals surface area contributed by atoms with Gasteiger partial charge in [-0.2, -0.15) is 11.8 Å². The van der Waals surface area contributed by atoms with Crippen LogP contribution in [0.5, 0.6) is 0 Å². The van der Waals surface area contributed by atoms with Crippen LogP contribution in [0.2, 0.25) is 5.02 Å². The van der Waals surface area contributed by atoms with Crippen molar-refractivity contribution in [3.63, 3.8) is 0 Å². The van der Waals surface area contributed by atoms with Crippen LogP contribution in [0.25, 0.3) is 10.9 Å². The minimum absolute atomic E-state index is 0.776. The van der Waals surface area contributed by atoms with Gasteiger partial charge in [-0.3, -0.25) is 4.98 Å². The molecule has 0 aliphatic carbocycles. The first-order valence-corrected chi connectivity index (χ1v) is 8.12. The van der Waals surface area contributed by atoms with E-state index < -0.39 is 0 Å². The van der Waals surface area contributed by atoms with Gasteiger partial charge in [0.1, 0.15) is 0 Å². The largest absolute Gasteiger partial charge is 0.311 e. The molecule has 0 spiro atoms. The molecule has 2 heterocycles. The summed E-state index contributed by atoms with van der Waals surface area (Å²) in [6.45, 7) is 1.95. The van der Waals surface area contributed by atoms with Crippen LogP contribution in [0.1, 0.15) is 18.4 Å². The van der Waals surface area contributed by atoms with E-state index in [0.717, 1.165) is 34.3 Å². The molecule has 1 N–H and O–H groups in total. The van der Waals surface area contributed by atoms with E-state index in [1.165, 1.54) is 24.2 Å². The number of fused-ring (bicyclic) bond motifs is 1. The number of rotatable bonds is 4. The molecule has 1 aliphatic rings. The summed E-state index contributed by atoms with van der Waals surface area (Å²) in [5, 5.41) is 6.15. The van der Waals surface area contributed by atoms with E-state index in [1.807, 2.05) is 24.4 Å². The molecular weight excluding hydrogens is 276 g/mol. The zero-order valence-corrected chi connectivity index (χ0v) is 12.3. The molecule has 1 fully saturated rings. The number of aromatic nitrogens is 1. The molecule has 2 nitrogen and oxygen atoms in total. The maximum atomic E-state index is 6.20. The van der Waals surface area contributed by atoms with E-state index in [2.05, 4.69) is 28.1 Å². The number of nitrogens with zero attached hydrogens (tertiary/aromatic N) is 1. The fourth-order valence-corrected chi connectivity index (χ4v) is 3.96. The third-order valence-electron chi connectivity index (χ3n) is 3.51. The van der Waals surface area contributed by atoms with Gasteiger partial charge in [0.25, 0.3) is 0 Å². The van der Waals surface area contributed by atoms with Crippen LogP contribution in [0.4, 0.5) is 0 Å². The van der Waals surface area contributed by atoms with Crippen molar-refractivity contribution in [1.82, 2.24) is 10.3 Å². The summed E-state index contributed by atoms with van der Waals surface area (Å²) in [5.74, 6) is 1.32. The Kier molecular flexibility index (Phi) is 4.26. The highest BCUT2D eigenvalue weighted by atomic mass is 35.5. The molecular formula is C15H17ClN2S. The lowest BCUT2D eigenvalue weighted by atomic mass is 10.1. The summed E-state index contributed by atoms with van der Waals surface area (Å²) in [6.07, 6.45) is 4.54. The summed E-state index contributed by atoms with van der Waals surface area (Å²) in [6, 6.07) is 8.00. The third kappa shape index (κ3) is 3.04. The molecule has 0 radical (unpaired) electrons. The van der Waals surface area contributed by atoms with Crippen molar-refractivity contribution in [1.29, 1.82) is 0 Å². The fourth-order valence-electron chi connectivity index (χ4n) is 2.51. The van der Waals surface area contributed by atoms with Gasteiger partial charge in [0.05, 0.1) is 5.52 Å². The van der Waals surface area contributed by atoms with Crippen molar-refractivity contribution < 1.29 is 0 Å². The number of hydrogen-bond acceptors (Lipinski definition) is 3. The third-order valence-corrected chi connectivity index (χ3v) is 5.24. The Morgan fingerprint density at radius 3 is 3.16 bits per heavy atom. The standard InChI is InChI=1S/C15H17ClN2S/c16-14-6-5-11(15-13(14)4-1-7-18-15)9-17-10-12-3-2-8-19-12/h1,4-7,12,17H,2-3,8-10H2. The van der Waals surface area contributed by atoms with E-state index in [1.54, 1.807) is 0 Å². The number of halogens is 1. The van der Waals surface area contributed by atoms with E-state index in [-0.39, 0.29) is 0 Å². The second-order valence-electron chi connectivity index (χ2n) is 4.87. The normalized spacial score (nSPS) is 19.1. The molecule has 100 valence electrons. The van der Waals surface area contributed by atoms with Gasteiger partial charge in [0.2, 0.25) is 0 Å². The molecule has 1 aromatic carbocycles. The highest BCUT2D eigenvalue weighted by Crippen LogP contribution is 2.26. The summed E-state index contributed by atoms with van der Waals surface area (Å²) in [7, 11) is 0. The highest BCUT2D eigenvalue weighted by molar-refractivity contribution is 8.00. The minimum Gasteiger partial charge on any atom is -0.311 e. The molecule has 1 saturated heterocycles. The van der Waals surface area contributed by atoms with Crippen molar-refractivity contribution in [2.75, 3.05) is 12.3 Å². The van der Waals surface area contributed by atoms with Crippen molar-refractivity contribution in [2.45, 2.75) is 24.6 Å². The van der Waals surface area contributed by atoms with Crippen LogP contribution in [0.15, 0.2) is 30.5 Å². The van der Waals surface area contributed by atoms with Crippen molar-refractivity contribution in [3.05, 3.63) is 41.0 Å². The van der Waals surface area contributed by atoms with Gasteiger partial charge in [-0.25, -0.2) is 0 Å². The SMILES string of the molecule is Clc1ccc(CNCC2CCCS2)c2ncccc12. The lowest BCUT2D eigenvalue weighted by molar-refractivity contribution is 0.647. The van der Waals surface area contributed by atoms with Crippen LogP contribution in [-0.2, 0) is 6.54 Å². The second-order valence-corrected chi connectivity index (χ2v) is 6.69. The molecule has 0 amide bonds. The van der Waals surface area contributed by atoms with E-state index in [9.17, 15) is 0 Å². The molecule has 0 bridgehead atoms. The summed E-state index contributed by atoms with van der Waals surface area (Å²) >= 11 is 8.29. The lowest BCUT2D eigenvalue weighted by Gasteiger charge is -2.11. The molecule has 4 heteroatoms. The monoisotopic (exact) mass is 292 g/mol. The van der Waals surface area contributed by atoms with Crippen molar-refractivity contribution in [2.24, 2.45) is 0 Å². The number of pyridine rings is 1. The first-order valence-electron chi connectivity index (χ1n) is 6.69. The molecule has 1 unspecified atom stereocenters. The summed E-state index contributed by atoms with van der Waals surface area (Å²) in [4.78, 5) is 4.46. The van der Waals surface area contributed by atoms with Crippen molar-refractivity contribution in [3.8, 4) is 0 Å². The van der Waals surface area contributed by atoms with Gasteiger partial charge in [-0.15, -0.1) is 0 Å². The molecule has 1 aromatic heterocycles. The first-order chi connectivity index (χ1) is 9.34. The van der Waals surface area contributed by atoms with Crippen LogP contribution in [0.3, 0.4) is 0 Å². The fraction of sp³-hybridized carbons (Fsp3) is 0.400. The second kappa shape index (κ2) is 6.12. The Labute approximate surface area is 122 Å². The Hall–Kier alpha value is -0.770. The smallest absolute Gasteiger partial charge is 0.0761 e. The number of benzene rings is 1. The Morgan fingerprint density at radius 1 is 1.37 bits per heavy atom. The predicted molar refractivity (Wildman–Crippen MR) is 83.9 cm³/mol. The topological polar surface area (TPSA) is 24.9 Å². The number of hydrogen-bond donors (Lipinski definition) is 1. The lowest BCUT2D eigenvalue weighted by Crippen LogP contribution is -2.22. The maximum absolute atomic E-state index is 6.20. The molecule has 19 heavy (non-hydrogen) atoms. The molecule has 1 aliphatic heterocycles. The summed E-state index contributed by atoms with van der Waals surface area (Å²) in [5.41, 5.74) is 2.24. The Balaban J connectivity index is 1.72. The van der Waals surface area contributed by atoms with E-state index >= 15 is 0 Å². The van der Waals surface area contributed by atoms with Gasteiger partial charge in [0, 0.05) is 34.9 Å². The van der Waals surface area contributed by atoms with Gasteiger partial charge in [0.15, 0.2) is 0 Å². The first kappa shape index (κ1) is 13.2. The van der Waals surface area contributed by atoms with Crippen molar-refractivity contribution >= 4 is 34.3 Å². The van der Waals surface area contributed by atoms with Gasteiger partial charge < -0.3 is 5.32 Å². The maximum Gasteiger partial charge on any atom is 0.0761 e. The number of nitrogens with one attached hydrogen (secondary N) is 1. The van der Waals surface area contributed by atoms with E-state index in [4.69, 9.17) is 11.6 Å². The molecule has 1 atom stereocenters. The molecule has 3 rings (SSSR count). The quantitative estimate of drug-likeness (QED) is 0.926. The van der Waals surface area contributed by atoms with Gasteiger partial charge in [-0.1, -0.05) is 17.7 Å². The zero-order valence-electron chi connectivity index (χ0n) is 10.7. The zero-order chi connectivity index (χ0) is 13.1. The van der Waals surface area contributed by atoms with Crippen LogP contribution in [0, 0.1) is 0 Å². The average Bonchev–Trinajstić information content (AvgIpc) is 2.95. The van der Waals surface area contributed by atoms with Gasteiger partial charge >= 0.3 is 0 Å². The van der Waals surface area contributed by atoms with Crippen LogP contribution in [-0.4, -0.2) is 22.5 Å². The predicted octanol–water partition coefficient (Wildman–Crippen LogP) is 3.87. The Morgan fingerprint density at radius 2 is 2.32 bits per heavy atom. The number of thioether (sulfide) groups is 1. The highest BCUT2D eigenvalue weighted by Gasteiger charge is 2.15. The summed E-state index contributed by atoms with van der Waals surface area (Å²) < 4.78 is 0. The van der Waals surface area contributed by atoms with E-state index in [0.29, 0.717) is 0 Å². The van der Waals surface area contributed by atoms with Crippen LogP contribution < -0.4 is 5.32 Å². The molecule has 0 saturated carbocycles. The van der Waals surface area contributed by atoms with Gasteiger partial charge in [-0.05, 0) is 42.4 Å². The average molecular weight is 293 g/mol. The Bertz CT molecular complexity index is 567. The minimum atomic E-state index is 0.776. The van der Waals surface area contributed by atoms with Crippen LogP contribution >= 0.6 is 23.4 Å². The molecule has 2 aromatic rings.